The Kier molecular flexibility index (Phi) is 17.2. The molecule has 5 N–H and O–H groups in total. The molecule has 0 aromatic heterocycles. The van der Waals surface area contributed by atoms with Crippen LogP contribution in [0.1, 0.15) is 82.6 Å². The summed E-state index contributed by atoms with van der Waals surface area (Å²) in [7, 11) is 0. The molecule has 1 amide bonds. The Hall–Kier alpha value is -1.96. The fraction of sp³-hybridized carbons (Fsp3) is 0.692. The normalized spacial score (nSPS) is 16.5. The van der Waals surface area contributed by atoms with Crippen molar-refractivity contribution in [2.75, 3.05) is 19.8 Å². The zero-order valence-corrected chi connectivity index (χ0v) is 20.1. The lowest BCUT2D eigenvalue weighted by molar-refractivity contribution is -0.151. The zero-order valence-electron chi connectivity index (χ0n) is 20.1. The number of ether oxygens (including phenoxy) is 2. The number of carbonyl (C=O) groups excluding carboxylic acids is 2. The van der Waals surface area contributed by atoms with Crippen LogP contribution in [0.3, 0.4) is 0 Å². The van der Waals surface area contributed by atoms with Gasteiger partial charge in [0.25, 0.3) is 0 Å². The van der Waals surface area contributed by atoms with Crippen molar-refractivity contribution in [3.8, 4) is 0 Å². The second-order valence-electron chi connectivity index (χ2n) is 8.64. The van der Waals surface area contributed by atoms with Gasteiger partial charge in [0.1, 0.15) is 6.61 Å². The largest absolute Gasteiger partial charge is 0.461 e. The minimum absolute atomic E-state index is 0.0106. The van der Waals surface area contributed by atoms with Crippen LogP contribution in [0, 0.1) is 5.92 Å². The van der Waals surface area contributed by atoms with Crippen molar-refractivity contribution in [1.29, 1.82) is 0 Å². The first kappa shape index (κ1) is 29.1. The van der Waals surface area contributed by atoms with Crippen LogP contribution in [0.4, 0.5) is 0 Å². The van der Waals surface area contributed by atoms with Gasteiger partial charge in [0.15, 0.2) is 0 Å². The van der Waals surface area contributed by atoms with Gasteiger partial charge in [0.2, 0.25) is 5.91 Å². The molecule has 0 spiro atoms. The molecule has 0 atom stereocenters. The fourth-order valence-electron chi connectivity index (χ4n) is 3.91. The molecule has 0 bridgehead atoms. The van der Waals surface area contributed by atoms with Crippen LogP contribution in [0.25, 0.3) is 0 Å². The number of esters is 1. The Morgan fingerprint density at radius 1 is 0.939 bits per heavy atom. The van der Waals surface area contributed by atoms with Crippen molar-refractivity contribution < 1.29 is 24.2 Å². The Morgan fingerprint density at radius 2 is 1.52 bits per heavy atom. The van der Waals surface area contributed by atoms with Crippen molar-refractivity contribution >= 4 is 11.9 Å². The predicted octanol–water partition coefficient (Wildman–Crippen LogP) is 3.85. The average Bonchev–Trinajstić information content (AvgIpc) is 2.87. The highest BCUT2D eigenvalue weighted by molar-refractivity contribution is 5.73. The van der Waals surface area contributed by atoms with E-state index < -0.39 is 0 Å². The maximum absolute atomic E-state index is 11.7. The van der Waals surface area contributed by atoms with Crippen LogP contribution in [0.15, 0.2) is 30.3 Å². The molecule has 0 saturated heterocycles. The summed E-state index contributed by atoms with van der Waals surface area (Å²) in [5.41, 5.74) is 10.9. The van der Waals surface area contributed by atoms with Crippen molar-refractivity contribution in [2.45, 2.75) is 89.8 Å². The van der Waals surface area contributed by atoms with Gasteiger partial charge in [-0.15, -0.1) is 0 Å². The maximum Gasteiger partial charge on any atom is 0.309 e. The smallest absolute Gasteiger partial charge is 0.309 e. The number of carbonyl (C=O) groups is 2. The fourth-order valence-corrected chi connectivity index (χ4v) is 3.91. The van der Waals surface area contributed by atoms with Gasteiger partial charge in [-0.1, -0.05) is 68.9 Å². The maximum atomic E-state index is 11.7. The topological polar surface area (TPSA) is 125 Å². The summed E-state index contributed by atoms with van der Waals surface area (Å²) in [5.74, 6) is -0.0896. The molecule has 2 aliphatic carbocycles. The highest BCUT2D eigenvalue weighted by Gasteiger charge is 2.22. The van der Waals surface area contributed by atoms with E-state index in [1.165, 1.54) is 51.4 Å². The van der Waals surface area contributed by atoms with Gasteiger partial charge in [-0.25, -0.2) is 0 Å². The van der Waals surface area contributed by atoms with Gasteiger partial charge in [0, 0.05) is 19.6 Å². The zero-order chi connectivity index (χ0) is 24.2. The number of benzene rings is 1. The molecule has 7 heteroatoms. The summed E-state index contributed by atoms with van der Waals surface area (Å²) in [6.07, 6.45) is 13.6. The second kappa shape index (κ2) is 19.5. The van der Waals surface area contributed by atoms with Gasteiger partial charge in [-0.2, -0.15) is 0 Å². The van der Waals surface area contributed by atoms with Crippen LogP contribution in [-0.2, 0) is 25.7 Å². The Bertz CT molecular complexity index is 612. The monoisotopic (exact) mass is 464 g/mol. The lowest BCUT2D eigenvalue weighted by atomic mass is 9.89. The first-order valence-electron chi connectivity index (χ1n) is 12.5. The number of primary amides is 1. The molecule has 2 fully saturated rings. The summed E-state index contributed by atoms with van der Waals surface area (Å²) < 4.78 is 11.0. The van der Waals surface area contributed by atoms with Crippen LogP contribution in [-0.4, -0.2) is 42.8 Å². The van der Waals surface area contributed by atoms with E-state index in [-0.39, 0.29) is 24.4 Å². The SMILES string of the molecule is NC(=O)CCCOC1CCCCC1.NCCO.O=C(OCc1ccccc1)C1CCCCC1. The summed E-state index contributed by atoms with van der Waals surface area (Å²) >= 11 is 0. The Morgan fingerprint density at radius 3 is 2.06 bits per heavy atom. The molecule has 33 heavy (non-hydrogen) atoms. The van der Waals surface area contributed by atoms with Crippen LogP contribution in [0.5, 0.6) is 0 Å². The lowest BCUT2D eigenvalue weighted by Crippen LogP contribution is -2.20. The van der Waals surface area contributed by atoms with Crippen molar-refractivity contribution in [2.24, 2.45) is 17.4 Å². The Balaban J connectivity index is 0.000000289. The van der Waals surface area contributed by atoms with Crippen molar-refractivity contribution in [3.63, 3.8) is 0 Å². The molecule has 3 rings (SSSR count). The third-order valence-electron chi connectivity index (χ3n) is 5.76. The van der Waals surface area contributed by atoms with E-state index in [1.54, 1.807) is 0 Å². The second-order valence-corrected chi connectivity index (χ2v) is 8.64. The van der Waals surface area contributed by atoms with Gasteiger partial charge in [-0.3, -0.25) is 9.59 Å². The number of rotatable bonds is 9. The van der Waals surface area contributed by atoms with Gasteiger partial charge >= 0.3 is 5.97 Å². The van der Waals surface area contributed by atoms with E-state index in [1.807, 2.05) is 30.3 Å². The molecule has 1 aromatic carbocycles. The lowest BCUT2D eigenvalue weighted by Gasteiger charge is -2.21. The van der Waals surface area contributed by atoms with E-state index in [2.05, 4.69) is 0 Å². The summed E-state index contributed by atoms with van der Waals surface area (Å²) in [5, 5.41) is 7.75. The highest BCUT2D eigenvalue weighted by atomic mass is 16.5. The number of aliphatic hydroxyl groups excluding tert-OH is 1. The molecule has 0 unspecified atom stereocenters. The standard InChI is InChI=1S/C14H18O2.C10H19NO2.C2H7NO/c15-14(13-9-5-2-6-10-13)16-11-12-7-3-1-4-8-12;11-10(12)7-4-8-13-9-5-2-1-3-6-9;3-1-2-4/h1,3-4,7-8,13H,2,5-6,9-11H2;9H,1-8H2,(H2,11,12);4H,1-3H2. The van der Waals surface area contributed by atoms with E-state index in [9.17, 15) is 9.59 Å². The average molecular weight is 465 g/mol. The van der Waals surface area contributed by atoms with E-state index in [0.29, 0.717) is 32.3 Å². The van der Waals surface area contributed by atoms with E-state index in [4.69, 9.17) is 26.0 Å². The number of hydrogen-bond acceptors (Lipinski definition) is 6. The number of amides is 1. The molecule has 1 aromatic rings. The van der Waals surface area contributed by atoms with Gasteiger partial charge < -0.3 is 26.0 Å². The van der Waals surface area contributed by atoms with Crippen molar-refractivity contribution in [3.05, 3.63) is 35.9 Å². The molecular weight excluding hydrogens is 420 g/mol. The molecule has 7 nitrogen and oxygen atoms in total. The molecule has 2 saturated carbocycles. The first-order valence-corrected chi connectivity index (χ1v) is 12.5. The number of aliphatic hydroxyl groups is 1. The molecular formula is C26H44N2O5. The third kappa shape index (κ3) is 15.5. The summed E-state index contributed by atoms with van der Waals surface area (Å²) in [6.45, 7) is 1.57. The van der Waals surface area contributed by atoms with Crippen LogP contribution >= 0.6 is 0 Å². The van der Waals surface area contributed by atoms with E-state index >= 15 is 0 Å². The molecule has 0 aliphatic heterocycles. The molecule has 0 radical (unpaired) electrons. The quantitative estimate of drug-likeness (QED) is 0.377. The van der Waals surface area contributed by atoms with Gasteiger partial charge in [-0.05, 0) is 37.7 Å². The predicted molar refractivity (Wildman–Crippen MR) is 130 cm³/mol. The highest BCUT2D eigenvalue weighted by Crippen LogP contribution is 2.25. The third-order valence-corrected chi connectivity index (χ3v) is 5.76. The van der Waals surface area contributed by atoms with E-state index in [0.717, 1.165) is 24.8 Å². The Labute approximate surface area is 199 Å². The molecule has 188 valence electrons. The first-order chi connectivity index (χ1) is 16.1. The van der Waals surface area contributed by atoms with Gasteiger partial charge in [0.05, 0.1) is 18.6 Å². The molecule has 0 heterocycles. The van der Waals surface area contributed by atoms with Crippen molar-refractivity contribution in [1.82, 2.24) is 0 Å². The van der Waals surface area contributed by atoms with Crippen LogP contribution < -0.4 is 11.5 Å². The van der Waals surface area contributed by atoms with Crippen LogP contribution in [0.2, 0.25) is 0 Å². The summed E-state index contributed by atoms with van der Waals surface area (Å²) in [4.78, 5) is 22.2. The number of nitrogens with two attached hydrogens (primary N) is 2. The number of hydrogen-bond donors (Lipinski definition) is 3. The minimum Gasteiger partial charge on any atom is -0.461 e. The summed E-state index contributed by atoms with van der Waals surface area (Å²) in [6, 6.07) is 9.85. The minimum atomic E-state index is -0.229. The molecule has 2 aliphatic rings.